The normalized spacial score (nSPS) is 13.8. The summed E-state index contributed by atoms with van der Waals surface area (Å²) in [4.78, 5) is 0. The van der Waals surface area contributed by atoms with Crippen LogP contribution < -0.4 is 0 Å². The number of hydrogen-bond donors (Lipinski definition) is 1. The van der Waals surface area contributed by atoms with Crippen molar-refractivity contribution in [3.8, 4) is 11.8 Å². The van der Waals surface area contributed by atoms with Crippen molar-refractivity contribution < 1.29 is 22.7 Å². The van der Waals surface area contributed by atoms with Gasteiger partial charge in [0, 0.05) is 22.5 Å². The van der Waals surface area contributed by atoms with Gasteiger partial charge < -0.3 is 9.67 Å². The number of nitrogens with zero attached hydrogens (tertiary/aromatic N) is 4. The molecule has 34 heavy (non-hydrogen) atoms. The van der Waals surface area contributed by atoms with Gasteiger partial charge in [-0.1, -0.05) is 24.3 Å². The van der Waals surface area contributed by atoms with E-state index in [0.29, 0.717) is 27.5 Å². The lowest BCUT2D eigenvalue weighted by molar-refractivity contribution is -0.271. The van der Waals surface area contributed by atoms with Crippen LogP contribution in [0.25, 0.3) is 27.5 Å². The van der Waals surface area contributed by atoms with E-state index in [1.807, 2.05) is 6.07 Å². The van der Waals surface area contributed by atoms with Gasteiger partial charge in [0.05, 0.1) is 29.5 Å². The van der Waals surface area contributed by atoms with Gasteiger partial charge in [-0.25, -0.2) is 9.07 Å². The van der Waals surface area contributed by atoms with E-state index in [9.17, 15) is 27.9 Å². The van der Waals surface area contributed by atoms with E-state index in [4.69, 9.17) is 0 Å². The molecular formula is C25H16F4N4O. The van der Waals surface area contributed by atoms with E-state index in [1.54, 1.807) is 24.3 Å². The second kappa shape index (κ2) is 7.71. The van der Waals surface area contributed by atoms with Crippen molar-refractivity contribution in [3.63, 3.8) is 0 Å². The topological polar surface area (TPSA) is 66.8 Å². The number of halogens is 4. The van der Waals surface area contributed by atoms with Gasteiger partial charge in [0.25, 0.3) is 0 Å². The SMILES string of the molecule is N#Cc1cn(CC(O)(c2ccc3c(cnn3-c3ccc(F)cc3)c2)C(F)(F)F)c2ccccc12. The predicted molar refractivity (Wildman–Crippen MR) is 118 cm³/mol. The summed E-state index contributed by atoms with van der Waals surface area (Å²) in [5, 5.41) is 25.5. The third kappa shape index (κ3) is 3.40. The Morgan fingerprint density at radius 1 is 0.971 bits per heavy atom. The van der Waals surface area contributed by atoms with Crippen molar-refractivity contribution in [2.24, 2.45) is 0 Å². The Hall–Kier alpha value is -4.16. The molecule has 2 heterocycles. The predicted octanol–water partition coefficient (Wildman–Crippen LogP) is 5.44. The largest absolute Gasteiger partial charge is 0.423 e. The van der Waals surface area contributed by atoms with E-state index in [1.165, 1.54) is 64.1 Å². The fourth-order valence-corrected chi connectivity index (χ4v) is 4.14. The first-order valence-corrected chi connectivity index (χ1v) is 10.2. The van der Waals surface area contributed by atoms with Crippen LogP contribution in [0, 0.1) is 17.1 Å². The summed E-state index contributed by atoms with van der Waals surface area (Å²) >= 11 is 0. The van der Waals surface area contributed by atoms with E-state index in [2.05, 4.69) is 5.10 Å². The molecule has 5 aromatic rings. The fourth-order valence-electron chi connectivity index (χ4n) is 4.14. The Kier molecular flexibility index (Phi) is 4.92. The monoisotopic (exact) mass is 464 g/mol. The first-order valence-electron chi connectivity index (χ1n) is 10.2. The molecule has 0 bridgehead atoms. The van der Waals surface area contributed by atoms with Gasteiger partial charge in [-0.2, -0.15) is 23.5 Å². The third-order valence-corrected chi connectivity index (χ3v) is 5.89. The molecule has 0 aliphatic carbocycles. The van der Waals surface area contributed by atoms with Gasteiger partial charge in [0.2, 0.25) is 5.60 Å². The zero-order valence-corrected chi connectivity index (χ0v) is 17.5. The summed E-state index contributed by atoms with van der Waals surface area (Å²) in [5.74, 6) is -0.421. The lowest BCUT2D eigenvalue weighted by Gasteiger charge is -2.31. The van der Waals surface area contributed by atoms with Crippen LogP contribution in [0.3, 0.4) is 0 Å². The Labute approximate surface area is 190 Å². The summed E-state index contributed by atoms with van der Waals surface area (Å²) in [5.41, 5.74) is -1.92. The van der Waals surface area contributed by atoms with Crippen LogP contribution in [0.5, 0.6) is 0 Å². The molecule has 0 saturated carbocycles. The second-order valence-electron chi connectivity index (χ2n) is 7.96. The summed E-state index contributed by atoms with van der Waals surface area (Å²) in [6.07, 6.45) is -2.31. The lowest BCUT2D eigenvalue weighted by atomic mass is 9.91. The Morgan fingerprint density at radius 3 is 2.41 bits per heavy atom. The molecule has 0 radical (unpaired) electrons. The quantitative estimate of drug-likeness (QED) is 0.360. The van der Waals surface area contributed by atoms with E-state index < -0.39 is 24.1 Å². The van der Waals surface area contributed by atoms with Crippen LogP contribution in [0.1, 0.15) is 11.1 Å². The Morgan fingerprint density at radius 2 is 1.71 bits per heavy atom. The number of fused-ring (bicyclic) bond motifs is 2. The van der Waals surface area contributed by atoms with Crippen molar-refractivity contribution in [3.05, 3.63) is 96.1 Å². The molecule has 2 aromatic heterocycles. The molecule has 0 saturated heterocycles. The molecular weight excluding hydrogens is 448 g/mol. The van der Waals surface area contributed by atoms with Crippen LogP contribution in [0.4, 0.5) is 17.6 Å². The van der Waals surface area contributed by atoms with Gasteiger partial charge in [0.1, 0.15) is 11.9 Å². The summed E-state index contributed by atoms with van der Waals surface area (Å²) < 4.78 is 58.8. The van der Waals surface area contributed by atoms with Gasteiger partial charge in [-0.3, -0.25) is 0 Å². The molecule has 0 aliphatic rings. The summed E-state index contributed by atoms with van der Waals surface area (Å²) in [6, 6.07) is 18.0. The molecule has 5 nitrogen and oxygen atoms in total. The van der Waals surface area contributed by atoms with Gasteiger partial charge >= 0.3 is 6.18 Å². The summed E-state index contributed by atoms with van der Waals surface area (Å²) in [7, 11) is 0. The molecule has 0 amide bonds. The highest BCUT2D eigenvalue weighted by atomic mass is 19.4. The van der Waals surface area contributed by atoms with Crippen molar-refractivity contribution in [2.75, 3.05) is 0 Å². The number of nitriles is 1. The minimum absolute atomic E-state index is 0.219. The standard InChI is InChI=1S/C25H16F4N4O/c26-19-6-8-20(9-7-19)33-22-10-5-18(11-16(22)13-31-33)24(34,25(27,28)29)15-32-14-17(12-30)21-3-1-2-4-23(21)32/h1-11,13-14,34H,15H2. The van der Waals surface area contributed by atoms with Crippen LogP contribution in [-0.4, -0.2) is 25.6 Å². The van der Waals surface area contributed by atoms with Crippen molar-refractivity contribution in [1.29, 1.82) is 5.26 Å². The van der Waals surface area contributed by atoms with Gasteiger partial charge in [0.15, 0.2) is 0 Å². The van der Waals surface area contributed by atoms with Crippen LogP contribution in [0.15, 0.2) is 79.1 Å². The summed E-state index contributed by atoms with van der Waals surface area (Å²) in [6.45, 7) is -0.837. The van der Waals surface area contributed by atoms with Crippen LogP contribution >= 0.6 is 0 Å². The minimum atomic E-state index is -5.01. The maximum absolute atomic E-state index is 14.3. The lowest BCUT2D eigenvalue weighted by Crippen LogP contribution is -2.45. The fraction of sp³-hybridized carbons (Fsp3) is 0.120. The second-order valence-corrected chi connectivity index (χ2v) is 7.96. The van der Waals surface area contributed by atoms with Gasteiger partial charge in [-0.15, -0.1) is 0 Å². The molecule has 1 atom stereocenters. The molecule has 170 valence electrons. The van der Waals surface area contributed by atoms with Gasteiger partial charge in [-0.05, 0) is 48.0 Å². The van der Waals surface area contributed by atoms with Crippen LogP contribution in [0.2, 0.25) is 0 Å². The average molecular weight is 464 g/mol. The number of aromatic nitrogens is 3. The van der Waals surface area contributed by atoms with E-state index in [-0.39, 0.29) is 11.1 Å². The average Bonchev–Trinajstić information content (AvgIpc) is 3.40. The van der Waals surface area contributed by atoms with Crippen molar-refractivity contribution >= 4 is 21.8 Å². The molecule has 0 aliphatic heterocycles. The smallest absolute Gasteiger partial charge is 0.375 e. The van der Waals surface area contributed by atoms with Crippen LogP contribution in [-0.2, 0) is 12.1 Å². The highest BCUT2D eigenvalue weighted by Crippen LogP contribution is 2.42. The number of aliphatic hydroxyl groups is 1. The number of alkyl halides is 3. The number of hydrogen-bond acceptors (Lipinski definition) is 3. The first-order chi connectivity index (χ1) is 16.2. The molecule has 5 rings (SSSR count). The maximum atomic E-state index is 14.3. The molecule has 3 aromatic carbocycles. The minimum Gasteiger partial charge on any atom is -0.375 e. The molecule has 1 N–H and O–H groups in total. The Bertz CT molecular complexity index is 1560. The Balaban J connectivity index is 1.61. The number of rotatable bonds is 4. The zero-order valence-electron chi connectivity index (χ0n) is 17.5. The van der Waals surface area contributed by atoms with E-state index in [0.717, 1.165) is 0 Å². The highest BCUT2D eigenvalue weighted by molar-refractivity contribution is 5.86. The number of para-hydroxylation sites is 1. The molecule has 1 unspecified atom stereocenters. The first kappa shape index (κ1) is 21.7. The highest BCUT2D eigenvalue weighted by Gasteiger charge is 2.55. The zero-order chi connectivity index (χ0) is 24.1. The van der Waals surface area contributed by atoms with Crippen molar-refractivity contribution in [1.82, 2.24) is 14.3 Å². The third-order valence-electron chi connectivity index (χ3n) is 5.89. The molecule has 9 heteroatoms. The van der Waals surface area contributed by atoms with Crippen molar-refractivity contribution in [2.45, 2.75) is 18.3 Å². The van der Waals surface area contributed by atoms with E-state index >= 15 is 0 Å². The molecule has 0 spiro atoms. The molecule has 0 fully saturated rings. The number of benzene rings is 3. The maximum Gasteiger partial charge on any atom is 0.423 e.